The minimum absolute atomic E-state index is 0.0126. The first-order valence-corrected chi connectivity index (χ1v) is 20.2. The van der Waals surface area contributed by atoms with Gasteiger partial charge in [0.2, 0.25) is 0 Å². The second-order valence-electron chi connectivity index (χ2n) is 18.2. The van der Waals surface area contributed by atoms with Crippen molar-refractivity contribution in [3.63, 3.8) is 0 Å². The van der Waals surface area contributed by atoms with Crippen LogP contribution in [0.15, 0.2) is 71.8 Å². The van der Waals surface area contributed by atoms with Gasteiger partial charge < -0.3 is 49.1 Å². The number of carbonyl (C=O) groups is 6. The summed E-state index contributed by atoms with van der Waals surface area (Å²) >= 11 is 0. The number of carbonyl (C=O) groups excluding carboxylic acids is 6. The van der Waals surface area contributed by atoms with E-state index >= 15 is 4.79 Å². The number of rotatable bonds is 9. The number of alkyl carbamates (subject to hydrolysis) is 1. The maximum Gasteiger partial charge on any atom is 0.408 e. The number of hydrogen-bond donors (Lipinski definition) is 4. The van der Waals surface area contributed by atoms with Gasteiger partial charge in [-0.15, -0.1) is 0 Å². The van der Waals surface area contributed by atoms with E-state index < -0.39 is 118 Å². The summed E-state index contributed by atoms with van der Waals surface area (Å²) in [5.74, 6) is -6.30. The molecule has 4 N–H and O–H groups in total. The molecule has 2 aromatic carbocycles. The highest BCUT2D eigenvalue weighted by molar-refractivity contribution is 5.95. The molecule has 0 unspecified atom stereocenters. The lowest BCUT2D eigenvalue weighted by Crippen LogP contribution is -2.82. The Labute approximate surface area is 353 Å². The quantitative estimate of drug-likeness (QED) is 0.160. The van der Waals surface area contributed by atoms with E-state index in [1.54, 1.807) is 83.1 Å². The minimum atomic E-state index is -2.40. The number of esters is 4. The molecule has 2 aromatic rings. The van der Waals surface area contributed by atoms with Crippen LogP contribution in [-0.2, 0) is 47.6 Å². The highest BCUT2D eigenvalue weighted by Crippen LogP contribution is 2.64. The summed E-state index contributed by atoms with van der Waals surface area (Å²) in [6.45, 7) is 12.9. The maximum absolute atomic E-state index is 15.5. The third kappa shape index (κ3) is 7.94. The molecular formula is C45H55NO15. The molecule has 2 saturated carbocycles. The lowest BCUT2D eigenvalue weighted by atomic mass is 9.44. The fourth-order valence-corrected chi connectivity index (χ4v) is 9.80. The molecule has 61 heavy (non-hydrogen) atoms. The second-order valence-corrected chi connectivity index (χ2v) is 18.2. The number of aliphatic hydroxyl groups is 3. The van der Waals surface area contributed by atoms with Crippen molar-refractivity contribution in [3.8, 4) is 0 Å². The van der Waals surface area contributed by atoms with Crippen molar-refractivity contribution in [2.45, 2.75) is 135 Å². The molecule has 16 heteroatoms. The Morgan fingerprint density at radius 1 is 0.902 bits per heavy atom. The molecule has 4 aliphatic rings. The van der Waals surface area contributed by atoms with Crippen molar-refractivity contribution in [2.24, 2.45) is 16.7 Å². The molecule has 0 spiro atoms. The third-order valence-corrected chi connectivity index (χ3v) is 12.8. The van der Waals surface area contributed by atoms with Crippen LogP contribution in [0.3, 0.4) is 0 Å². The Morgan fingerprint density at radius 3 is 2.05 bits per heavy atom. The molecule has 330 valence electrons. The lowest BCUT2D eigenvalue weighted by molar-refractivity contribution is -0.346. The van der Waals surface area contributed by atoms with E-state index in [0.717, 1.165) is 13.8 Å². The fourth-order valence-electron chi connectivity index (χ4n) is 9.80. The molecule has 2 bridgehead atoms. The average molecular weight is 850 g/mol. The van der Waals surface area contributed by atoms with E-state index in [9.17, 15) is 39.3 Å². The van der Waals surface area contributed by atoms with Gasteiger partial charge in [-0.2, -0.15) is 0 Å². The zero-order chi connectivity index (χ0) is 45.0. The Bertz CT molecular complexity index is 2100. The van der Waals surface area contributed by atoms with Crippen molar-refractivity contribution in [3.05, 3.63) is 82.9 Å². The van der Waals surface area contributed by atoms with Crippen LogP contribution in [0.2, 0.25) is 0 Å². The smallest absolute Gasteiger partial charge is 0.408 e. The van der Waals surface area contributed by atoms with Gasteiger partial charge in [0.1, 0.15) is 29.5 Å². The number of amides is 1. The molecule has 11 atom stereocenters. The number of ketones is 1. The van der Waals surface area contributed by atoms with Crippen LogP contribution in [0.4, 0.5) is 4.79 Å². The topological polar surface area (TPSA) is 231 Å². The molecule has 3 fully saturated rings. The number of nitrogens with one attached hydrogen (secondary N) is 1. The van der Waals surface area contributed by atoms with E-state index in [-0.39, 0.29) is 29.7 Å². The van der Waals surface area contributed by atoms with Gasteiger partial charge in [-0.25, -0.2) is 14.4 Å². The lowest BCUT2D eigenvalue weighted by Gasteiger charge is -2.67. The standard InChI is InChI=1S/C45H55NO15/c1-23-28(58-39(53)33(50)32(26-16-12-10-13-17-26)46-40(54)61-41(4,5)6)21-45(55)37(59-38(52)27-18-14-11-15-19-27)35-43(9,29(49)20-30-44(35,22-56-30)60-25(3)48)36(51)34(57-24(2)47)31(23)42(45,7)8/h10-19,28-30,32-35,37,49-50,55H,20-22H2,1-9H3,(H,46,54)/t28-,29-,30+,32-,33+,34+,35-,37-,43+,44-,45+/m1/s1. The highest BCUT2D eigenvalue weighted by atomic mass is 16.6. The van der Waals surface area contributed by atoms with Gasteiger partial charge in [0.25, 0.3) is 0 Å². The molecule has 6 rings (SSSR count). The molecule has 1 saturated heterocycles. The van der Waals surface area contributed by atoms with E-state index in [2.05, 4.69) is 5.32 Å². The number of aliphatic hydroxyl groups excluding tert-OH is 2. The second kappa shape index (κ2) is 16.3. The summed E-state index contributed by atoms with van der Waals surface area (Å²) < 4.78 is 35.6. The van der Waals surface area contributed by atoms with E-state index in [4.69, 9.17) is 28.4 Å². The summed E-state index contributed by atoms with van der Waals surface area (Å²) in [6, 6.07) is 14.5. The van der Waals surface area contributed by atoms with Gasteiger partial charge >= 0.3 is 30.0 Å². The minimum Gasteiger partial charge on any atom is -0.456 e. The molecule has 0 radical (unpaired) electrons. The van der Waals surface area contributed by atoms with E-state index in [1.165, 1.54) is 26.0 Å². The molecular weight excluding hydrogens is 794 g/mol. The Morgan fingerprint density at radius 2 is 1.51 bits per heavy atom. The maximum atomic E-state index is 15.5. The Kier molecular flexibility index (Phi) is 12.1. The molecule has 0 aromatic heterocycles. The number of hydrogen-bond acceptors (Lipinski definition) is 15. The van der Waals surface area contributed by atoms with Gasteiger partial charge in [-0.3, -0.25) is 14.4 Å². The first-order valence-electron chi connectivity index (χ1n) is 20.2. The van der Waals surface area contributed by atoms with Gasteiger partial charge in [0.15, 0.2) is 23.6 Å². The molecule has 1 aliphatic heterocycles. The monoisotopic (exact) mass is 849 g/mol. The van der Waals surface area contributed by atoms with Crippen LogP contribution in [0, 0.1) is 16.7 Å². The summed E-state index contributed by atoms with van der Waals surface area (Å²) in [7, 11) is 0. The van der Waals surface area contributed by atoms with Gasteiger partial charge in [0.05, 0.1) is 35.6 Å². The zero-order valence-corrected chi connectivity index (χ0v) is 35.8. The summed E-state index contributed by atoms with van der Waals surface area (Å²) in [5.41, 5.74) is -8.30. The molecule has 16 nitrogen and oxygen atoms in total. The zero-order valence-electron chi connectivity index (χ0n) is 35.8. The van der Waals surface area contributed by atoms with Crippen LogP contribution >= 0.6 is 0 Å². The van der Waals surface area contributed by atoms with Crippen LogP contribution in [-0.4, -0.2) is 111 Å². The Hall–Kier alpha value is -5.16. The fraction of sp³-hybridized carbons (Fsp3) is 0.556. The van der Waals surface area contributed by atoms with Crippen molar-refractivity contribution in [1.82, 2.24) is 5.32 Å². The number of fused-ring (bicyclic) bond motifs is 5. The van der Waals surface area contributed by atoms with E-state index in [1.807, 2.05) is 0 Å². The Balaban J connectivity index is 1.54. The predicted octanol–water partition coefficient (Wildman–Crippen LogP) is 3.83. The third-order valence-electron chi connectivity index (χ3n) is 12.8. The van der Waals surface area contributed by atoms with Gasteiger partial charge in [0, 0.05) is 32.1 Å². The number of ether oxygens (including phenoxy) is 6. The first kappa shape index (κ1) is 45.4. The number of Topliss-reactive ketones (excluding diaryl/α,β-unsaturated/α-hetero) is 1. The van der Waals surface area contributed by atoms with Crippen LogP contribution < -0.4 is 5.32 Å². The largest absolute Gasteiger partial charge is 0.456 e. The van der Waals surface area contributed by atoms with Crippen molar-refractivity contribution in [2.75, 3.05) is 6.61 Å². The van der Waals surface area contributed by atoms with E-state index in [0.29, 0.717) is 5.56 Å². The molecule has 1 amide bonds. The molecule has 1 heterocycles. The summed E-state index contributed by atoms with van der Waals surface area (Å²) in [5, 5.41) is 39.9. The van der Waals surface area contributed by atoms with Gasteiger partial charge in [-0.05, 0) is 63.5 Å². The average Bonchev–Trinajstić information content (AvgIpc) is 3.17. The van der Waals surface area contributed by atoms with Crippen LogP contribution in [0.5, 0.6) is 0 Å². The van der Waals surface area contributed by atoms with Crippen molar-refractivity contribution >= 4 is 35.8 Å². The van der Waals surface area contributed by atoms with Crippen molar-refractivity contribution in [1.29, 1.82) is 0 Å². The summed E-state index contributed by atoms with van der Waals surface area (Å²) in [6.07, 6.45) is -11.5. The summed E-state index contributed by atoms with van der Waals surface area (Å²) in [4.78, 5) is 82.9. The first-order chi connectivity index (χ1) is 28.4. The van der Waals surface area contributed by atoms with Crippen LogP contribution in [0.25, 0.3) is 0 Å². The molecule has 3 aliphatic carbocycles. The van der Waals surface area contributed by atoms with Crippen molar-refractivity contribution < 1.29 is 72.5 Å². The van der Waals surface area contributed by atoms with Gasteiger partial charge in [-0.1, -0.05) is 62.4 Å². The SMILES string of the molecule is CC(=O)O[C@@H]1C(=O)[C@@]2(C)[C@H](O)C[C@@H]3OC[C@]3(OC(C)=O)[C@@H]2[C@@H](OC(=O)c2ccccc2)[C@@]2(O)C[C@@H](OC(=O)[C@@H](O)[C@H](NC(=O)OC(C)(C)C)c3ccccc3)C(C)=C1C2(C)C. The highest BCUT2D eigenvalue weighted by Gasteiger charge is 2.78. The normalized spacial score (nSPS) is 32.5. The van der Waals surface area contributed by atoms with Crippen LogP contribution in [0.1, 0.15) is 97.1 Å². The predicted molar refractivity (Wildman–Crippen MR) is 213 cm³/mol. The number of benzene rings is 2.